The Labute approximate surface area is 149 Å². The first-order chi connectivity index (χ1) is 11.0. The van der Waals surface area contributed by atoms with Crippen LogP contribution in [0.4, 0.5) is 4.39 Å². The molecule has 0 saturated heterocycles. The summed E-state index contributed by atoms with van der Waals surface area (Å²) in [7, 11) is 0. The van der Waals surface area contributed by atoms with Crippen LogP contribution in [-0.4, -0.2) is 11.7 Å². The highest BCUT2D eigenvalue weighted by atomic mass is 35.5. The summed E-state index contributed by atoms with van der Waals surface area (Å²) in [6, 6.07) is 11.3. The Balaban J connectivity index is 1.82. The molecule has 2 nitrogen and oxygen atoms in total. The van der Waals surface area contributed by atoms with E-state index in [-0.39, 0.29) is 17.8 Å². The van der Waals surface area contributed by atoms with E-state index in [9.17, 15) is 9.18 Å². The largest absolute Gasteiger partial charge is 0.349 e. The van der Waals surface area contributed by atoms with Crippen molar-refractivity contribution in [1.82, 2.24) is 5.32 Å². The molecule has 1 amide bonds. The van der Waals surface area contributed by atoms with E-state index in [4.69, 9.17) is 23.2 Å². The van der Waals surface area contributed by atoms with Crippen LogP contribution in [0.1, 0.15) is 24.1 Å². The Morgan fingerprint density at radius 2 is 1.78 bits per heavy atom. The van der Waals surface area contributed by atoms with Crippen molar-refractivity contribution in [2.45, 2.75) is 18.7 Å². The molecule has 0 aromatic heterocycles. The van der Waals surface area contributed by atoms with Crippen LogP contribution in [0.25, 0.3) is 0 Å². The zero-order chi connectivity index (χ0) is 16.8. The van der Waals surface area contributed by atoms with Gasteiger partial charge in [0.25, 0.3) is 0 Å². The number of thioether (sulfide) groups is 1. The third-order valence-corrected chi connectivity index (χ3v) is 4.96. The summed E-state index contributed by atoms with van der Waals surface area (Å²) < 4.78 is 12.9. The molecule has 1 unspecified atom stereocenters. The average Bonchev–Trinajstić information content (AvgIpc) is 2.51. The molecule has 0 fully saturated rings. The van der Waals surface area contributed by atoms with Gasteiger partial charge < -0.3 is 5.32 Å². The number of carbonyl (C=O) groups excluding carboxylic acids is 1. The summed E-state index contributed by atoms with van der Waals surface area (Å²) in [4.78, 5) is 12.0. The number of rotatable bonds is 6. The van der Waals surface area contributed by atoms with Crippen LogP contribution in [0.2, 0.25) is 10.0 Å². The highest BCUT2D eigenvalue weighted by molar-refractivity contribution is 7.99. The number of amides is 1. The maximum absolute atomic E-state index is 12.9. The summed E-state index contributed by atoms with van der Waals surface area (Å²) in [6.45, 7) is 1.86. The second-order valence-electron chi connectivity index (χ2n) is 5.03. The number of hydrogen-bond acceptors (Lipinski definition) is 2. The van der Waals surface area contributed by atoms with Gasteiger partial charge in [-0.2, -0.15) is 0 Å². The van der Waals surface area contributed by atoms with E-state index >= 15 is 0 Å². The van der Waals surface area contributed by atoms with Crippen LogP contribution >= 0.6 is 35.0 Å². The third kappa shape index (κ3) is 5.41. The highest BCUT2D eigenvalue weighted by Crippen LogP contribution is 2.28. The molecule has 0 heterocycles. The lowest BCUT2D eigenvalue weighted by Crippen LogP contribution is -2.28. The predicted octanol–water partition coefficient (Wildman–Crippen LogP) is 5.24. The zero-order valence-corrected chi connectivity index (χ0v) is 14.8. The lowest BCUT2D eigenvalue weighted by Gasteiger charge is -2.14. The van der Waals surface area contributed by atoms with Crippen molar-refractivity contribution >= 4 is 40.9 Å². The number of benzene rings is 2. The lowest BCUT2D eigenvalue weighted by molar-refractivity contribution is -0.119. The van der Waals surface area contributed by atoms with E-state index in [1.807, 2.05) is 6.92 Å². The van der Waals surface area contributed by atoms with Gasteiger partial charge in [-0.3, -0.25) is 4.79 Å². The third-order valence-electron chi connectivity index (χ3n) is 3.29. The normalized spacial score (nSPS) is 12.0. The molecule has 0 radical (unpaired) electrons. The Bertz CT molecular complexity index is 659. The second-order valence-corrected chi connectivity index (χ2v) is 6.83. The molecule has 23 heavy (non-hydrogen) atoms. The van der Waals surface area contributed by atoms with E-state index in [1.165, 1.54) is 23.9 Å². The minimum atomic E-state index is -0.292. The number of halogens is 3. The van der Waals surface area contributed by atoms with Gasteiger partial charge in [0.15, 0.2) is 0 Å². The molecule has 1 atom stereocenters. The predicted molar refractivity (Wildman–Crippen MR) is 95.6 cm³/mol. The summed E-state index contributed by atoms with van der Waals surface area (Å²) in [5.74, 6) is 0.485. The number of hydrogen-bond donors (Lipinski definition) is 1. The molecule has 2 aromatic carbocycles. The van der Waals surface area contributed by atoms with Crippen LogP contribution in [0.5, 0.6) is 0 Å². The number of nitrogens with one attached hydrogen (secondary N) is 1. The van der Waals surface area contributed by atoms with E-state index < -0.39 is 0 Å². The fourth-order valence-corrected chi connectivity index (χ4v) is 3.61. The first-order valence-corrected chi connectivity index (χ1v) is 8.94. The Hall–Kier alpha value is -1.23. The molecule has 0 bridgehead atoms. The first kappa shape index (κ1) is 18.1. The Kier molecular flexibility index (Phi) is 6.75. The molecule has 0 aliphatic rings. The molecule has 0 aliphatic carbocycles. The van der Waals surface area contributed by atoms with Crippen molar-refractivity contribution in [3.8, 4) is 0 Å². The average molecular weight is 372 g/mol. The maximum Gasteiger partial charge on any atom is 0.230 e. The van der Waals surface area contributed by atoms with Crippen LogP contribution < -0.4 is 5.32 Å². The molecule has 2 rings (SSSR count). The molecule has 6 heteroatoms. The molecule has 0 aliphatic heterocycles. The van der Waals surface area contributed by atoms with Gasteiger partial charge in [0.05, 0.1) is 11.8 Å². The molecule has 0 saturated carbocycles. The van der Waals surface area contributed by atoms with Gasteiger partial charge in [-0.05, 0) is 42.3 Å². The summed E-state index contributed by atoms with van der Waals surface area (Å²) in [6.07, 6.45) is 0. The quantitative estimate of drug-likeness (QED) is 0.751. The smallest absolute Gasteiger partial charge is 0.230 e. The van der Waals surface area contributed by atoms with Gasteiger partial charge in [0.2, 0.25) is 5.91 Å². The SMILES string of the molecule is CC(NC(=O)CSCc1c(Cl)cccc1Cl)c1ccc(F)cc1. The molecule has 2 aromatic rings. The molecule has 0 spiro atoms. The van der Waals surface area contributed by atoms with Crippen molar-refractivity contribution in [3.05, 3.63) is 69.5 Å². The highest BCUT2D eigenvalue weighted by Gasteiger charge is 2.11. The van der Waals surface area contributed by atoms with E-state index in [2.05, 4.69) is 5.32 Å². The Morgan fingerprint density at radius 1 is 1.17 bits per heavy atom. The first-order valence-electron chi connectivity index (χ1n) is 7.03. The molecule has 122 valence electrons. The van der Waals surface area contributed by atoms with Crippen LogP contribution in [0, 0.1) is 5.82 Å². The minimum Gasteiger partial charge on any atom is -0.349 e. The zero-order valence-electron chi connectivity index (χ0n) is 12.5. The van der Waals surface area contributed by atoms with E-state index in [1.54, 1.807) is 30.3 Å². The van der Waals surface area contributed by atoms with Gasteiger partial charge in [0.1, 0.15) is 5.82 Å². The molecular formula is C17H16Cl2FNOS. The fourth-order valence-electron chi connectivity index (χ4n) is 2.03. The number of carbonyl (C=O) groups is 1. The summed E-state index contributed by atoms with van der Waals surface area (Å²) in [5.41, 5.74) is 1.69. The minimum absolute atomic E-state index is 0.0880. The van der Waals surface area contributed by atoms with Gasteiger partial charge in [0, 0.05) is 15.8 Å². The lowest BCUT2D eigenvalue weighted by atomic mass is 10.1. The van der Waals surface area contributed by atoms with Gasteiger partial charge >= 0.3 is 0 Å². The van der Waals surface area contributed by atoms with Crippen molar-refractivity contribution in [1.29, 1.82) is 0 Å². The van der Waals surface area contributed by atoms with E-state index in [0.29, 0.717) is 21.6 Å². The monoisotopic (exact) mass is 371 g/mol. The van der Waals surface area contributed by atoms with Gasteiger partial charge in [-0.25, -0.2) is 4.39 Å². The molecule has 1 N–H and O–H groups in total. The van der Waals surface area contributed by atoms with E-state index in [0.717, 1.165) is 11.1 Å². The summed E-state index contributed by atoms with van der Waals surface area (Å²) in [5, 5.41) is 4.09. The fraction of sp³-hybridized carbons (Fsp3) is 0.235. The molecular weight excluding hydrogens is 356 g/mol. The van der Waals surface area contributed by atoms with Crippen LogP contribution in [0.15, 0.2) is 42.5 Å². The standard InChI is InChI=1S/C17H16Cl2FNOS/c1-11(12-5-7-13(20)8-6-12)21-17(22)10-23-9-14-15(18)3-2-4-16(14)19/h2-8,11H,9-10H2,1H3,(H,21,22). The Morgan fingerprint density at radius 3 is 2.39 bits per heavy atom. The topological polar surface area (TPSA) is 29.1 Å². The van der Waals surface area contributed by atoms with Crippen molar-refractivity contribution < 1.29 is 9.18 Å². The van der Waals surface area contributed by atoms with Crippen molar-refractivity contribution in [2.24, 2.45) is 0 Å². The van der Waals surface area contributed by atoms with Crippen molar-refractivity contribution in [2.75, 3.05) is 5.75 Å². The van der Waals surface area contributed by atoms with Gasteiger partial charge in [-0.1, -0.05) is 41.4 Å². The van der Waals surface area contributed by atoms with Crippen LogP contribution in [0.3, 0.4) is 0 Å². The second kappa shape index (κ2) is 8.57. The van der Waals surface area contributed by atoms with Gasteiger partial charge in [-0.15, -0.1) is 11.8 Å². The summed E-state index contributed by atoms with van der Waals surface area (Å²) >= 11 is 13.6. The van der Waals surface area contributed by atoms with Crippen LogP contribution in [-0.2, 0) is 10.5 Å². The van der Waals surface area contributed by atoms with Crippen molar-refractivity contribution in [3.63, 3.8) is 0 Å². The maximum atomic E-state index is 12.9.